The minimum atomic E-state index is -4.62. The SMILES string of the molecule is COc1ccc2cc(CCNC(=O)c3ccccc3C(F)(F)F)c(=O)[nH]c2c1. The first-order valence-electron chi connectivity index (χ1n) is 8.44. The fourth-order valence-corrected chi connectivity index (χ4v) is 2.87. The number of alkyl halides is 3. The van der Waals surface area contributed by atoms with Crippen molar-refractivity contribution in [1.82, 2.24) is 10.3 Å². The van der Waals surface area contributed by atoms with Crippen molar-refractivity contribution in [2.24, 2.45) is 0 Å². The fraction of sp³-hybridized carbons (Fsp3) is 0.200. The molecule has 0 aliphatic heterocycles. The summed E-state index contributed by atoms with van der Waals surface area (Å²) in [6.45, 7) is 0.0236. The van der Waals surface area contributed by atoms with Crippen LogP contribution in [0.25, 0.3) is 10.9 Å². The van der Waals surface area contributed by atoms with Gasteiger partial charge in [0.25, 0.3) is 11.5 Å². The van der Waals surface area contributed by atoms with Crippen LogP contribution in [-0.4, -0.2) is 24.5 Å². The van der Waals surface area contributed by atoms with Crippen molar-refractivity contribution in [2.45, 2.75) is 12.6 Å². The molecule has 0 bridgehead atoms. The lowest BCUT2D eigenvalue weighted by molar-refractivity contribution is -0.137. The summed E-state index contributed by atoms with van der Waals surface area (Å²) in [4.78, 5) is 27.1. The largest absolute Gasteiger partial charge is 0.497 e. The predicted octanol–water partition coefficient (Wildman–Crippen LogP) is 3.53. The molecule has 1 amide bonds. The molecule has 0 atom stereocenters. The van der Waals surface area contributed by atoms with Crippen LogP contribution in [0.1, 0.15) is 21.5 Å². The summed E-state index contributed by atoms with van der Waals surface area (Å²) in [6, 6.07) is 11.5. The maximum absolute atomic E-state index is 13.0. The quantitative estimate of drug-likeness (QED) is 0.700. The molecule has 0 fully saturated rings. The van der Waals surface area contributed by atoms with Crippen LogP contribution >= 0.6 is 0 Å². The lowest BCUT2D eigenvalue weighted by atomic mass is 10.1. The van der Waals surface area contributed by atoms with Crippen LogP contribution < -0.4 is 15.6 Å². The number of methoxy groups -OCH3 is 1. The molecule has 146 valence electrons. The van der Waals surface area contributed by atoms with E-state index in [1.807, 2.05) is 0 Å². The summed E-state index contributed by atoms with van der Waals surface area (Å²) in [6.07, 6.45) is -4.44. The third-order valence-electron chi connectivity index (χ3n) is 4.29. The van der Waals surface area contributed by atoms with Gasteiger partial charge in [0.05, 0.1) is 23.8 Å². The third kappa shape index (κ3) is 4.16. The molecule has 0 aliphatic carbocycles. The molecule has 28 heavy (non-hydrogen) atoms. The second-order valence-corrected chi connectivity index (χ2v) is 6.13. The van der Waals surface area contributed by atoms with Gasteiger partial charge in [-0.1, -0.05) is 12.1 Å². The smallest absolute Gasteiger partial charge is 0.417 e. The van der Waals surface area contributed by atoms with E-state index in [0.717, 1.165) is 17.5 Å². The molecule has 3 rings (SSSR count). The van der Waals surface area contributed by atoms with E-state index in [0.29, 0.717) is 16.8 Å². The first-order chi connectivity index (χ1) is 13.3. The lowest BCUT2D eigenvalue weighted by Crippen LogP contribution is -2.29. The van der Waals surface area contributed by atoms with Crippen LogP contribution in [0.15, 0.2) is 53.3 Å². The number of hydrogen-bond donors (Lipinski definition) is 2. The van der Waals surface area contributed by atoms with Crippen LogP contribution in [0.3, 0.4) is 0 Å². The number of ether oxygens (including phenoxy) is 1. The van der Waals surface area contributed by atoms with Crippen LogP contribution in [0.4, 0.5) is 13.2 Å². The highest BCUT2D eigenvalue weighted by Gasteiger charge is 2.34. The second-order valence-electron chi connectivity index (χ2n) is 6.13. The molecule has 3 aromatic rings. The lowest BCUT2D eigenvalue weighted by Gasteiger charge is -2.12. The van der Waals surface area contributed by atoms with Gasteiger partial charge in [-0.3, -0.25) is 9.59 Å². The Morgan fingerprint density at radius 3 is 2.61 bits per heavy atom. The van der Waals surface area contributed by atoms with E-state index in [2.05, 4.69) is 10.3 Å². The van der Waals surface area contributed by atoms with Crippen molar-refractivity contribution >= 4 is 16.8 Å². The van der Waals surface area contributed by atoms with Gasteiger partial charge in [-0.05, 0) is 42.1 Å². The number of fused-ring (bicyclic) bond motifs is 1. The number of carbonyl (C=O) groups is 1. The number of H-pyrrole nitrogens is 1. The van der Waals surface area contributed by atoms with Gasteiger partial charge in [0.15, 0.2) is 0 Å². The molecule has 0 radical (unpaired) electrons. The Balaban J connectivity index is 1.73. The summed E-state index contributed by atoms with van der Waals surface area (Å²) < 4.78 is 44.2. The Morgan fingerprint density at radius 2 is 1.89 bits per heavy atom. The van der Waals surface area contributed by atoms with E-state index in [1.165, 1.54) is 19.2 Å². The Hall–Kier alpha value is -3.29. The van der Waals surface area contributed by atoms with Gasteiger partial charge in [-0.15, -0.1) is 0 Å². The number of carbonyl (C=O) groups excluding carboxylic acids is 1. The van der Waals surface area contributed by atoms with Crippen LogP contribution in [0, 0.1) is 0 Å². The van der Waals surface area contributed by atoms with Gasteiger partial charge in [0, 0.05) is 18.2 Å². The Bertz CT molecular complexity index is 1070. The maximum atomic E-state index is 13.0. The van der Waals surface area contributed by atoms with Crippen molar-refractivity contribution < 1.29 is 22.7 Å². The van der Waals surface area contributed by atoms with Crippen molar-refractivity contribution in [3.05, 3.63) is 75.6 Å². The average Bonchev–Trinajstić information content (AvgIpc) is 2.67. The van der Waals surface area contributed by atoms with Crippen molar-refractivity contribution in [2.75, 3.05) is 13.7 Å². The molecular weight excluding hydrogens is 373 g/mol. The standard InChI is InChI=1S/C20H17F3N2O3/c1-28-14-7-6-12-10-13(18(26)25-17(12)11-14)8-9-24-19(27)15-4-2-3-5-16(15)20(21,22)23/h2-7,10-11H,8-9H2,1H3,(H,24,27)(H,25,26). The summed E-state index contributed by atoms with van der Waals surface area (Å²) in [5.74, 6) is -0.235. The van der Waals surface area contributed by atoms with E-state index >= 15 is 0 Å². The zero-order chi connectivity index (χ0) is 20.3. The molecule has 0 saturated carbocycles. The molecule has 1 heterocycles. The van der Waals surface area contributed by atoms with Crippen molar-refractivity contribution in [3.63, 3.8) is 0 Å². The van der Waals surface area contributed by atoms with Gasteiger partial charge in [0.1, 0.15) is 5.75 Å². The first kappa shape index (κ1) is 19.5. The van der Waals surface area contributed by atoms with Gasteiger partial charge < -0.3 is 15.0 Å². The zero-order valence-electron chi connectivity index (χ0n) is 14.9. The summed E-state index contributed by atoms with van der Waals surface area (Å²) in [5, 5.41) is 3.22. The molecule has 0 saturated heterocycles. The number of benzene rings is 2. The molecule has 0 spiro atoms. The number of hydrogen-bond acceptors (Lipinski definition) is 3. The molecule has 8 heteroatoms. The molecule has 5 nitrogen and oxygen atoms in total. The van der Waals surface area contributed by atoms with Gasteiger partial charge in [-0.2, -0.15) is 13.2 Å². The molecular formula is C20H17F3N2O3. The third-order valence-corrected chi connectivity index (χ3v) is 4.29. The summed E-state index contributed by atoms with van der Waals surface area (Å²) >= 11 is 0. The second kappa shape index (κ2) is 7.75. The summed E-state index contributed by atoms with van der Waals surface area (Å²) in [7, 11) is 1.52. The Kier molecular flexibility index (Phi) is 5.39. The number of nitrogens with one attached hydrogen (secondary N) is 2. The van der Waals surface area contributed by atoms with Crippen LogP contribution in [0.5, 0.6) is 5.75 Å². The molecule has 0 unspecified atom stereocenters. The highest BCUT2D eigenvalue weighted by atomic mass is 19.4. The molecule has 1 aromatic heterocycles. The number of aromatic nitrogens is 1. The molecule has 0 aliphatic rings. The monoisotopic (exact) mass is 390 g/mol. The highest BCUT2D eigenvalue weighted by Crippen LogP contribution is 2.31. The minimum absolute atomic E-state index is 0.0236. The highest BCUT2D eigenvalue weighted by molar-refractivity contribution is 5.95. The summed E-state index contributed by atoms with van der Waals surface area (Å²) in [5.41, 5.74) is -0.747. The molecule has 2 aromatic carbocycles. The van der Waals surface area contributed by atoms with Crippen molar-refractivity contribution in [1.29, 1.82) is 0 Å². The van der Waals surface area contributed by atoms with Gasteiger partial charge in [-0.25, -0.2) is 0 Å². The van der Waals surface area contributed by atoms with Crippen LogP contribution in [0.2, 0.25) is 0 Å². The molecule has 2 N–H and O–H groups in total. The van der Waals surface area contributed by atoms with E-state index in [9.17, 15) is 22.8 Å². The number of amides is 1. The van der Waals surface area contributed by atoms with E-state index in [1.54, 1.807) is 24.3 Å². The van der Waals surface area contributed by atoms with E-state index in [4.69, 9.17) is 4.74 Å². The number of pyridine rings is 1. The Labute approximate surface area is 158 Å². The number of aromatic amines is 1. The normalized spacial score (nSPS) is 11.4. The van der Waals surface area contributed by atoms with Gasteiger partial charge >= 0.3 is 6.18 Å². The van der Waals surface area contributed by atoms with E-state index in [-0.39, 0.29) is 18.5 Å². The zero-order valence-corrected chi connectivity index (χ0v) is 14.9. The number of halogens is 3. The fourth-order valence-electron chi connectivity index (χ4n) is 2.87. The predicted molar refractivity (Wildman–Crippen MR) is 98.6 cm³/mol. The topological polar surface area (TPSA) is 71.2 Å². The number of rotatable bonds is 5. The Morgan fingerprint density at radius 1 is 1.14 bits per heavy atom. The minimum Gasteiger partial charge on any atom is -0.497 e. The van der Waals surface area contributed by atoms with Gasteiger partial charge in [0.2, 0.25) is 0 Å². The van der Waals surface area contributed by atoms with E-state index < -0.39 is 23.2 Å². The maximum Gasteiger partial charge on any atom is 0.417 e. The first-order valence-corrected chi connectivity index (χ1v) is 8.44. The van der Waals surface area contributed by atoms with Crippen LogP contribution in [-0.2, 0) is 12.6 Å². The average molecular weight is 390 g/mol. The van der Waals surface area contributed by atoms with Crippen molar-refractivity contribution in [3.8, 4) is 5.75 Å².